The molecule has 0 saturated carbocycles. The summed E-state index contributed by atoms with van der Waals surface area (Å²) in [6.45, 7) is 0. The van der Waals surface area contributed by atoms with Crippen molar-refractivity contribution in [3.63, 3.8) is 0 Å². The fraction of sp³-hybridized carbons (Fsp3) is 0. The van der Waals surface area contributed by atoms with Gasteiger partial charge in [0.2, 0.25) is 0 Å². The molecule has 2 N–H and O–H groups in total. The maximum Gasteiger partial charge on any atom is 0.328 e. The number of H-pyrrole nitrogens is 1. The second-order valence-electron chi connectivity index (χ2n) is 3.68. The number of carbonyl (C=O) groups excluding carboxylic acids is 1. The predicted octanol–water partition coefficient (Wildman–Crippen LogP) is 1.94. The minimum atomic E-state index is -1.46. The van der Waals surface area contributed by atoms with Gasteiger partial charge in [-0.15, -0.1) is 0 Å². The number of hydrogen-bond donors (Lipinski definition) is 2. The molecule has 1 heterocycles. The molecule has 0 saturated heterocycles. The van der Waals surface area contributed by atoms with Gasteiger partial charge in [-0.05, 0) is 18.2 Å². The molecule has 0 aliphatic rings. The van der Waals surface area contributed by atoms with Crippen LogP contribution in [0.5, 0.6) is 0 Å². The van der Waals surface area contributed by atoms with E-state index in [1.165, 1.54) is 12.1 Å². The van der Waals surface area contributed by atoms with Crippen LogP contribution >= 0.6 is 23.2 Å². The predicted molar refractivity (Wildman–Crippen MR) is 69.3 cm³/mol. The third kappa shape index (κ3) is 2.57. The monoisotopic (exact) mass is 298 g/mol. The smallest absolute Gasteiger partial charge is 0.328 e. The van der Waals surface area contributed by atoms with Gasteiger partial charge in [0.05, 0.1) is 16.7 Å². The Morgan fingerprint density at radius 2 is 2.00 bits per heavy atom. The van der Waals surface area contributed by atoms with Crippen molar-refractivity contribution < 1.29 is 19.8 Å². The number of rotatable bonds is 3. The molecule has 0 aliphatic heterocycles. The fourth-order valence-electron chi connectivity index (χ4n) is 1.76. The van der Waals surface area contributed by atoms with E-state index in [-0.39, 0.29) is 16.3 Å². The van der Waals surface area contributed by atoms with Crippen LogP contribution in [-0.2, 0) is 4.79 Å². The number of aromatic carboxylic acids is 1. The third-order valence-electron chi connectivity index (χ3n) is 2.45. The van der Waals surface area contributed by atoms with Crippen molar-refractivity contribution in [1.29, 1.82) is 0 Å². The van der Waals surface area contributed by atoms with Crippen LogP contribution in [0.25, 0.3) is 17.0 Å². The van der Waals surface area contributed by atoms with E-state index < -0.39 is 11.9 Å². The molecule has 98 valence electrons. The number of aromatic nitrogens is 1. The first-order valence-corrected chi connectivity index (χ1v) is 5.79. The lowest BCUT2D eigenvalue weighted by Crippen LogP contribution is -2.23. The quantitative estimate of drug-likeness (QED) is 0.847. The van der Waals surface area contributed by atoms with E-state index in [1.807, 2.05) is 0 Å². The van der Waals surface area contributed by atoms with Crippen molar-refractivity contribution in [2.24, 2.45) is 0 Å². The minimum absolute atomic E-state index is 0.138. The average Bonchev–Trinajstić information content (AvgIpc) is 2.64. The highest BCUT2D eigenvalue weighted by molar-refractivity contribution is 6.39. The highest BCUT2D eigenvalue weighted by Gasteiger charge is 2.14. The van der Waals surface area contributed by atoms with Crippen LogP contribution in [0.1, 0.15) is 16.1 Å². The zero-order chi connectivity index (χ0) is 14.2. The van der Waals surface area contributed by atoms with Crippen molar-refractivity contribution in [2.75, 3.05) is 0 Å². The number of hydrogen-bond acceptors (Lipinski definition) is 3. The normalized spacial score (nSPS) is 11.3. The molecule has 5 nitrogen and oxygen atoms in total. The van der Waals surface area contributed by atoms with Crippen molar-refractivity contribution in [1.82, 2.24) is 4.98 Å². The van der Waals surface area contributed by atoms with Crippen LogP contribution in [0, 0.1) is 0 Å². The van der Waals surface area contributed by atoms with Gasteiger partial charge in [-0.25, -0.2) is 4.79 Å². The fourth-order valence-corrected chi connectivity index (χ4v) is 2.35. The highest BCUT2D eigenvalue weighted by atomic mass is 35.5. The Kier molecular flexibility index (Phi) is 3.50. The number of nitrogens with one attached hydrogen (secondary N) is 1. The largest absolute Gasteiger partial charge is 0.543 e. The highest BCUT2D eigenvalue weighted by Crippen LogP contribution is 2.33. The Morgan fingerprint density at radius 3 is 2.58 bits per heavy atom. The number of fused-ring (bicyclic) bond motifs is 1. The maximum absolute atomic E-state index is 11.0. The van der Waals surface area contributed by atoms with Crippen LogP contribution in [0.3, 0.4) is 0 Å². The van der Waals surface area contributed by atoms with Crippen LogP contribution in [0.4, 0.5) is 0 Å². The lowest BCUT2D eigenvalue weighted by molar-refractivity contribution is -0.255. The van der Waals surface area contributed by atoms with Crippen molar-refractivity contribution in [2.45, 2.75) is 0 Å². The summed E-state index contributed by atoms with van der Waals surface area (Å²) in [5, 5.41) is 20.6. The molecule has 2 rings (SSSR count). The van der Waals surface area contributed by atoms with Gasteiger partial charge in [0.25, 0.3) is 0 Å². The zero-order valence-electron chi connectivity index (χ0n) is 9.24. The van der Waals surface area contributed by atoms with Crippen LogP contribution in [0.15, 0.2) is 18.2 Å². The Hall–Kier alpha value is -1.98. The Balaban J connectivity index is 2.80. The van der Waals surface area contributed by atoms with Gasteiger partial charge in [0.15, 0.2) is 0 Å². The molecule has 0 bridgehead atoms. The third-order valence-corrected chi connectivity index (χ3v) is 2.97. The van der Waals surface area contributed by atoms with Gasteiger partial charge in [-0.3, -0.25) is 0 Å². The summed E-state index contributed by atoms with van der Waals surface area (Å²) in [6, 6.07) is 2.93. The lowest BCUT2D eigenvalue weighted by atomic mass is 10.1. The molecular weight excluding hydrogens is 293 g/mol. The summed E-state index contributed by atoms with van der Waals surface area (Å²) in [5.74, 6) is -2.67. The molecule has 7 heteroatoms. The van der Waals surface area contributed by atoms with Gasteiger partial charge in [0.1, 0.15) is 0 Å². The van der Waals surface area contributed by atoms with Crippen LogP contribution in [0.2, 0.25) is 10.0 Å². The zero-order valence-corrected chi connectivity index (χ0v) is 10.7. The Bertz CT molecular complexity index is 718. The second-order valence-corrected chi connectivity index (χ2v) is 4.53. The summed E-state index contributed by atoms with van der Waals surface area (Å²) >= 11 is 11.8. The molecule has 1 aromatic carbocycles. The second kappa shape index (κ2) is 4.95. The van der Waals surface area contributed by atoms with Gasteiger partial charge in [-0.2, -0.15) is 0 Å². The molecule has 0 atom stereocenters. The molecule has 19 heavy (non-hydrogen) atoms. The van der Waals surface area contributed by atoms with Crippen molar-refractivity contribution in [3.05, 3.63) is 39.5 Å². The first-order chi connectivity index (χ1) is 8.90. The number of carboxylic acid groups (broad SMARTS) is 2. The molecule has 0 spiro atoms. The average molecular weight is 299 g/mol. The minimum Gasteiger partial charge on any atom is -0.543 e. The molecule has 0 unspecified atom stereocenters. The molecule has 1 aromatic heterocycles. The van der Waals surface area contributed by atoms with Crippen LogP contribution in [-0.4, -0.2) is 22.0 Å². The summed E-state index contributed by atoms with van der Waals surface area (Å²) < 4.78 is 0. The Morgan fingerprint density at radius 1 is 1.32 bits per heavy atom. The van der Waals surface area contributed by atoms with Gasteiger partial charge < -0.3 is 20.0 Å². The number of aliphatic carboxylic acids is 1. The van der Waals surface area contributed by atoms with E-state index in [2.05, 4.69) is 4.98 Å². The number of carboxylic acids is 2. The summed E-state index contributed by atoms with van der Waals surface area (Å²) in [7, 11) is 0. The van der Waals surface area contributed by atoms with Crippen molar-refractivity contribution in [3.8, 4) is 0 Å². The first kappa shape index (κ1) is 13.5. The van der Waals surface area contributed by atoms with Gasteiger partial charge in [0, 0.05) is 27.6 Å². The molecule has 0 aliphatic carbocycles. The van der Waals surface area contributed by atoms with Gasteiger partial charge in [-0.1, -0.05) is 23.2 Å². The van der Waals surface area contributed by atoms with E-state index in [1.54, 1.807) is 0 Å². The Labute approximate surface area is 117 Å². The van der Waals surface area contributed by atoms with Gasteiger partial charge >= 0.3 is 5.97 Å². The number of benzene rings is 1. The van der Waals surface area contributed by atoms with E-state index in [0.29, 0.717) is 15.9 Å². The summed E-state index contributed by atoms with van der Waals surface area (Å²) in [4.78, 5) is 24.2. The SMILES string of the molecule is O=C(O)/C=C/c1c(C(=O)[O-])[nH]c2cc(Cl)cc(Cl)c12. The summed E-state index contributed by atoms with van der Waals surface area (Å²) in [5.41, 5.74) is 0.275. The molecule has 2 aromatic rings. The number of halogens is 2. The molecule has 0 radical (unpaired) electrons. The summed E-state index contributed by atoms with van der Waals surface area (Å²) in [6.07, 6.45) is 1.96. The first-order valence-electron chi connectivity index (χ1n) is 5.03. The maximum atomic E-state index is 11.0. The van der Waals surface area contributed by atoms with Crippen molar-refractivity contribution >= 4 is 52.1 Å². The van der Waals surface area contributed by atoms with E-state index in [0.717, 1.165) is 12.2 Å². The number of carbonyl (C=O) groups is 2. The number of aromatic amines is 1. The topological polar surface area (TPSA) is 93.2 Å². The standard InChI is InChI=1S/C12H7Cl2NO4/c13-5-3-7(14)10-6(1-2-9(16)17)11(12(18)19)15-8(10)4-5/h1-4,15H,(H,16,17)(H,18,19)/p-1/b2-1+. The lowest BCUT2D eigenvalue weighted by Gasteiger charge is -2.01. The van der Waals surface area contributed by atoms with Crippen LogP contribution < -0.4 is 5.11 Å². The molecule has 0 amide bonds. The molecular formula is C12H6Cl2NO4-. The van der Waals surface area contributed by atoms with E-state index in [4.69, 9.17) is 28.3 Å². The van der Waals surface area contributed by atoms with E-state index >= 15 is 0 Å². The van der Waals surface area contributed by atoms with E-state index in [9.17, 15) is 14.7 Å². The molecule has 0 fully saturated rings.